The van der Waals surface area contributed by atoms with E-state index in [1.165, 1.54) is 11.1 Å². The number of hydrogen-bond acceptors (Lipinski definition) is 5. The molecule has 0 amide bonds. The molecule has 2 atom stereocenters. The van der Waals surface area contributed by atoms with Gasteiger partial charge in [-0.1, -0.05) is 6.07 Å². The fourth-order valence-electron chi connectivity index (χ4n) is 3.18. The number of benzene rings is 1. The molecule has 1 saturated heterocycles. The number of ether oxygens (including phenoxy) is 2. The molecule has 0 aliphatic carbocycles. The molecule has 27 heavy (non-hydrogen) atoms. The number of rotatable bonds is 7. The van der Waals surface area contributed by atoms with E-state index in [0.29, 0.717) is 19.8 Å². The van der Waals surface area contributed by atoms with Gasteiger partial charge in [0.15, 0.2) is 0 Å². The molecule has 0 radical (unpaired) electrons. The number of nitrogens with zero attached hydrogens (tertiary/aromatic N) is 3. The smallest absolute Gasteiger partial charge is 0.119 e. The summed E-state index contributed by atoms with van der Waals surface area (Å²) in [6, 6.07) is 6.01. The number of aryl methyl sites for hydroxylation is 3. The summed E-state index contributed by atoms with van der Waals surface area (Å²) in [7, 11) is 0. The fourth-order valence-corrected chi connectivity index (χ4v) is 3.18. The molecule has 2 unspecified atom stereocenters. The van der Waals surface area contributed by atoms with Gasteiger partial charge in [-0.3, -0.25) is 9.58 Å². The molecule has 7 heteroatoms. The van der Waals surface area contributed by atoms with Gasteiger partial charge in [-0.15, -0.1) is 12.4 Å². The summed E-state index contributed by atoms with van der Waals surface area (Å²) in [6.07, 6.45) is 3.45. The van der Waals surface area contributed by atoms with Gasteiger partial charge in [-0.2, -0.15) is 5.10 Å². The predicted octanol–water partition coefficient (Wildman–Crippen LogP) is 2.37. The average molecular weight is 396 g/mol. The van der Waals surface area contributed by atoms with Gasteiger partial charge >= 0.3 is 0 Å². The molecule has 3 rings (SSSR count). The van der Waals surface area contributed by atoms with Crippen LogP contribution in [0.1, 0.15) is 16.7 Å². The van der Waals surface area contributed by atoms with Gasteiger partial charge in [0, 0.05) is 25.8 Å². The highest BCUT2D eigenvalue weighted by atomic mass is 35.5. The second-order valence-corrected chi connectivity index (χ2v) is 7.20. The highest BCUT2D eigenvalue weighted by molar-refractivity contribution is 5.85. The Morgan fingerprint density at radius 1 is 1.30 bits per heavy atom. The molecule has 0 spiro atoms. The van der Waals surface area contributed by atoms with E-state index in [-0.39, 0.29) is 18.5 Å². The summed E-state index contributed by atoms with van der Waals surface area (Å²) < 4.78 is 13.5. The molecule has 1 N–H and O–H groups in total. The molecule has 150 valence electrons. The van der Waals surface area contributed by atoms with Crippen molar-refractivity contribution in [2.45, 2.75) is 39.5 Å². The summed E-state index contributed by atoms with van der Waals surface area (Å²) >= 11 is 0. The van der Waals surface area contributed by atoms with Crippen LogP contribution in [0.3, 0.4) is 0 Å². The normalized spacial score (nSPS) is 18.7. The number of aromatic nitrogens is 2. The minimum atomic E-state index is -0.526. The molecule has 1 aromatic heterocycles. The quantitative estimate of drug-likeness (QED) is 0.779. The van der Waals surface area contributed by atoms with Gasteiger partial charge in [-0.25, -0.2) is 0 Å². The monoisotopic (exact) mass is 395 g/mol. The van der Waals surface area contributed by atoms with Crippen molar-refractivity contribution >= 4 is 12.4 Å². The molecule has 6 nitrogen and oxygen atoms in total. The van der Waals surface area contributed by atoms with E-state index in [0.717, 1.165) is 30.9 Å². The van der Waals surface area contributed by atoms with Crippen LogP contribution in [0.15, 0.2) is 30.6 Å². The van der Waals surface area contributed by atoms with E-state index < -0.39 is 6.10 Å². The zero-order chi connectivity index (χ0) is 18.5. The second kappa shape index (κ2) is 10.1. The van der Waals surface area contributed by atoms with Crippen LogP contribution in [-0.4, -0.2) is 64.8 Å². The van der Waals surface area contributed by atoms with Crippen LogP contribution in [-0.2, 0) is 11.3 Å². The van der Waals surface area contributed by atoms with E-state index in [4.69, 9.17) is 9.47 Å². The topological polar surface area (TPSA) is 59.8 Å². The van der Waals surface area contributed by atoms with E-state index >= 15 is 0 Å². The predicted molar refractivity (Wildman–Crippen MR) is 108 cm³/mol. The molecule has 1 aromatic carbocycles. The molecule has 1 fully saturated rings. The summed E-state index contributed by atoms with van der Waals surface area (Å²) in [5.74, 6) is 0.807. The van der Waals surface area contributed by atoms with Crippen molar-refractivity contribution in [1.29, 1.82) is 0 Å². The standard InChI is InChI=1S/C20H29N3O3.ClH/c1-15-9-21-23(10-15)13-20-12-22(6-7-25-20)11-18(24)14-26-19-5-4-16(2)17(3)8-19;/h4-5,8-10,18,20,24H,6-7,11-14H2,1-3H3;1H. The molecule has 2 aromatic rings. The Kier molecular flexibility index (Phi) is 8.10. The first-order valence-corrected chi connectivity index (χ1v) is 9.21. The third kappa shape index (κ3) is 6.50. The minimum absolute atomic E-state index is 0. The number of hydrogen-bond donors (Lipinski definition) is 1. The SMILES string of the molecule is Cc1cnn(CC2CN(CC(O)COc3ccc(C)c(C)c3)CCO2)c1.Cl. The maximum atomic E-state index is 10.3. The molecule has 1 aliphatic rings. The first-order chi connectivity index (χ1) is 12.5. The van der Waals surface area contributed by atoms with Gasteiger partial charge in [0.1, 0.15) is 18.5 Å². The summed E-state index contributed by atoms with van der Waals surface area (Å²) in [5.41, 5.74) is 3.59. The van der Waals surface area contributed by atoms with Crippen molar-refractivity contribution in [3.63, 3.8) is 0 Å². The number of aliphatic hydroxyl groups excluding tert-OH is 1. The number of halogens is 1. The third-order valence-electron chi connectivity index (χ3n) is 4.77. The lowest BCUT2D eigenvalue weighted by molar-refractivity contribution is -0.0517. The molecule has 2 heterocycles. The summed E-state index contributed by atoms with van der Waals surface area (Å²) in [5, 5.41) is 14.7. The maximum Gasteiger partial charge on any atom is 0.119 e. The Labute approximate surface area is 167 Å². The molecule has 0 bridgehead atoms. The van der Waals surface area contributed by atoms with Crippen LogP contribution < -0.4 is 4.74 Å². The zero-order valence-electron chi connectivity index (χ0n) is 16.3. The number of β-amino-alcohol motifs (C(OH)–C–C–N with tert-alkyl or cyclic N) is 1. The van der Waals surface area contributed by atoms with Crippen molar-refractivity contribution in [2.24, 2.45) is 0 Å². The van der Waals surface area contributed by atoms with E-state index in [1.54, 1.807) is 0 Å². The number of morpholine rings is 1. The fraction of sp³-hybridized carbons (Fsp3) is 0.550. The van der Waals surface area contributed by atoms with Crippen LogP contribution in [0.5, 0.6) is 5.75 Å². The van der Waals surface area contributed by atoms with Crippen LogP contribution in [0.4, 0.5) is 0 Å². The van der Waals surface area contributed by atoms with Crippen molar-refractivity contribution in [2.75, 3.05) is 32.8 Å². The van der Waals surface area contributed by atoms with Gasteiger partial charge < -0.3 is 14.6 Å². The van der Waals surface area contributed by atoms with Gasteiger partial charge in [0.05, 0.1) is 25.5 Å². The van der Waals surface area contributed by atoms with E-state index in [9.17, 15) is 5.11 Å². The highest BCUT2D eigenvalue weighted by Crippen LogP contribution is 2.17. The molecule has 0 saturated carbocycles. The molecular weight excluding hydrogens is 366 g/mol. The lowest BCUT2D eigenvalue weighted by atomic mass is 10.1. The Balaban J connectivity index is 0.00000261. The third-order valence-corrected chi connectivity index (χ3v) is 4.77. The highest BCUT2D eigenvalue weighted by Gasteiger charge is 2.23. The van der Waals surface area contributed by atoms with Gasteiger partial charge in [-0.05, 0) is 49.6 Å². The molecular formula is C20H30ClN3O3. The lowest BCUT2D eigenvalue weighted by Crippen LogP contribution is -2.47. The second-order valence-electron chi connectivity index (χ2n) is 7.20. The van der Waals surface area contributed by atoms with Gasteiger partial charge in [0.2, 0.25) is 0 Å². The van der Waals surface area contributed by atoms with E-state index in [1.807, 2.05) is 42.2 Å². The van der Waals surface area contributed by atoms with Crippen LogP contribution in [0.25, 0.3) is 0 Å². The Bertz CT molecular complexity index is 722. The van der Waals surface area contributed by atoms with Crippen LogP contribution in [0.2, 0.25) is 0 Å². The molecule has 1 aliphatic heterocycles. The van der Waals surface area contributed by atoms with Crippen molar-refractivity contribution in [3.05, 3.63) is 47.3 Å². The first-order valence-electron chi connectivity index (χ1n) is 9.21. The summed E-state index contributed by atoms with van der Waals surface area (Å²) in [4.78, 5) is 2.24. The Hall–Kier alpha value is -1.60. The number of aliphatic hydroxyl groups is 1. The first kappa shape index (κ1) is 21.7. The Morgan fingerprint density at radius 2 is 2.11 bits per heavy atom. The zero-order valence-corrected chi connectivity index (χ0v) is 17.1. The summed E-state index contributed by atoms with van der Waals surface area (Å²) in [6.45, 7) is 10.1. The largest absolute Gasteiger partial charge is 0.491 e. The van der Waals surface area contributed by atoms with Crippen LogP contribution >= 0.6 is 12.4 Å². The van der Waals surface area contributed by atoms with Crippen molar-refractivity contribution in [1.82, 2.24) is 14.7 Å². The van der Waals surface area contributed by atoms with Gasteiger partial charge in [0.25, 0.3) is 0 Å². The van der Waals surface area contributed by atoms with Crippen LogP contribution in [0, 0.1) is 20.8 Å². The van der Waals surface area contributed by atoms with Crippen molar-refractivity contribution in [3.8, 4) is 5.75 Å². The van der Waals surface area contributed by atoms with E-state index in [2.05, 4.69) is 23.8 Å². The van der Waals surface area contributed by atoms with Crippen molar-refractivity contribution < 1.29 is 14.6 Å². The Morgan fingerprint density at radius 3 is 2.81 bits per heavy atom. The minimum Gasteiger partial charge on any atom is -0.491 e. The average Bonchev–Trinajstić information content (AvgIpc) is 3.01. The lowest BCUT2D eigenvalue weighted by Gasteiger charge is -2.34. The maximum absolute atomic E-state index is 10.3.